The summed E-state index contributed by atoms with van der Waals surface area (Å²) in [6.45, 7) is 0. The van der Waals surface area contributed by atoms with Gasteiger partial charge < -0.3 is 4.74 Å². The molecule has 14 heavy (non-hydrogen) atoms. The number of halogens is 3. The molecule has 1 rings (SSSR count). The van der Waals surface area contributed by atoms with Crippen molar-refractivity contribution in [1.82, 2.24) is 0 Å². The molecule has 1 aromatic rings. The Bertz CT molecular complexity index is 435. The third-order valence-corrected chi connectivity index (χ3v) is 4.62. The highest BCUT2D eigenvalue weighted by molar-refractivity contribution is 9.11. The third kappa shape index (κ3) is 2.62. The van der Waals surface area contributed by atoms with Gasteiger partial charge in [-0.3, -0.25) is 0 Å². The van der Waals surface area contributed by atoms with Crippen molar-refractivity contribution >= 4 is 51.6 Å². The van der Waals surface area contributed by atoms with Crippen LogP contribution in [0.3, 0.4) is 0 Å². The van der Waals surface area contributed by atoms with Gasteiger partial charge in [-0.25, -0.2) is 8.42 Å². The molecule has 0 fully saturated rings. The second kappa shape index (κ2) is 4.38. The zero-order chi connectivity index (χ0) is 10.9. The van der Waals surface area contributed by atoms with Crippen LogP contribution in [0.25, 0.3) is 0 Å². The monoisotopic (exact) mass is 362 g/mol. The van der Waals surface area contributed by atoms with Crippen molar-refractivity contribution in [2.75, 3.05) is 7.11 Å². The number of hydrogen-bond acceptors (Lipinski definition) is 3. The van der Waals surface area contributed by atoms with Gasteiger partial charge in [0.1, 0.15) is 10.6 Å². The zero-order valence-corrected chi connectivity index (χ0v) is 11.7. The Kier molecular flexibility index (Phi) is 3.85. The SMILES string of the molecule is COc1cc(Br)c(S(=O)(=O)Cl)c(Br)c1. The first kappa shape index (κ1) is 12.3. The van der Waals surface area contributed by atoms with E-state index in [9.17, 15) is 8.42 Å². The lowest BCUT2D eigenvalue weighted by atomic mass is 10.3. The van der Waals surface area contributed by atoms with E-state index in [1.807, 2.05) is 0 Å². The Hall–Kier alpha value is 0.220. The molecule has 0 radical (unpaired) electrons. The van der Waals surface area contributed by atoms with Crippen molar-refractivity contribution in [1.29, 1.82) is 0 Å². The molecule has 0 spiro atoms. The molecule has 0 N–H and O–H groups in total. The molecule has 0 saturated heterocycles. The predicted molar refractivity (Wildman–Crippen MR) is 61.4 cm³/mol. The molecule has 7 heteroatoms. The topological polar surface area (TPSA) is 43.4 Å². The summed E-state index contributed by atoms with van der Waals surface area (Å²) >= 11 is 6.20. The van der Waals surface area contributed by atoms with Crippen LogP contribution in [-0.4, -0.2) is 15.5 Å². The summed E-state index contributed by atoms with van der Waals surface area (Å²) < 4.78 is 27.9. The van der Waals surface area contributed by atoms with Crippen LogP contribution in [0.4, 0.5) is 0 Å². The Labute approximate surface area is 103 Å². The van der Waals surface area contributed by atoms with Crippen molar-refractivity contribution in [3.63, 3.8) is 0 Å². The van der Waals surface area contributed by atoms with Crippen molar-refractivity contribution in [2.24, 2.45) is 0 Å². The zero-order valence-electron chi connectivity index (χ0n) is 6.92. The Morgan fingerprint density at radius 2 is 1.71 bits per heavy atom. The first-order valence-corrected chi connectivity index (χ1v) is 7.23. The van der Waals surface area contributed by atoms with Gasteiger partial charge in [0, 0.05) is 19.6 Å². The van der Waals surface area contributed by atoms with E-state index in [0.29, 0.717) is 14.7 Å². The van der Waals surface area contributed by atoms with E-state index in [4.69, 9.17) is 15.4 Å². The van der Waals surface area contributed by atoms with Crippen LogP contribution >= 0.6 is 42.5 Å². The van der Waals surface area contributed by atoms with Crippen molar-refractivity contribution in [3.05, 3.63) is 21.1 Å². The van der Waals surface area contributed by atoms with Gasteiger partial charge in [0.25, 0.3) is 9.05 Å². The average Bonchev–Trinajstić information content (AvgIpc) is 1.99. The van der Waals surface area contributed by atoms with Crippen molar-refractivity contribution in [2.45, 2.75) is 4.90 Å². The molecule has 0 saturated carbocycles. The highest BCUT2D eigenvalue weighted by Gasteiger charge is 2.19. The van der Waals surface area contributed by atoms with Crippen LogP contribution in [0.2, 0.25) is 0 Å². The van der Waals surface area contributed by atoms with E-state index in [1.54, 1.807) is 0 Å². The summed E-state index contributed by atoms with van der Waals surface area (Å²) in [5, 5.41) is 0. The fourth-order valence-electron chi connectivity index (χ4n) is 0.887. The highest BCUT2D eigenvalue weighted by atomic mass is 79.9. The van der Waals surface area contributed by atoms with Crippen molar-refractivity contribution < 1.29 is 13.2 Å². The van der Waals surface area contributed by atoms with Gasteiger partial charge in [-0.05, 0) is 44.0 Å². The normalized spacial score (nSPS) is 11.4. The number of benzene rings is 1. The minimum absolute atomic E-state index is 0.0000309. The van der Waals surface area contributed by atoms with E-state index >= 15 is 0 Å². The molecule has 3 nitrogen and oxygen atoms in total. The molecule has 0 aliphatic heterocycles. The lowest BCUT2D eigenvalue weighted by Gasteiger charge is -2.06. The van der Waals surface area contributed by atoms with E-state index in [2.05, 4.69) is 31.9 Å². The first-order valence-electron chi connectivity index (χ1n) is 3.34. The van der Waals surface area contributed by atoms with Crippen molar-refractivity contribution in [3.8, 4) is 5.75 Å². The van der Waals surface area contributed by atoms with Gasteiger partial charge >= 0.3 is 0 Å². The lowest BCUT2D eigenvalue weighted by molar-refractivity contribution is 0.413. The van der Waals surface area contributed by atoms with Crippen LogP contribution < -0.4 is 4.74 Å². The summed E-state index contributed by atoms with van der Waals surface area (Å²) in [7, 11) is 2.96. The molecule has 0 amide bonds. The summed E-state index contributed by atoms with van der Waals surface area (Å²) in [6.07, 6.45) is 0. The fourth-order valence-corrected chi connectivity index (χ4v) is 4.95. The molecule has 1 aromatic carbocycles. The van der Waals surface area contributed by atoms with Crippen LogP contribution in [0.5, 0.6) is 5.75 Å². The molecular weight excluding hydrogens is 359 g/mol. The molecular formula is C7H5Br2ClO3S. The summed E-state index contributed by atoms with van der Waals surface area (Å²) in [5.41, 5.74) is 0. The quantitative estimate of drug-likeness (QED) is 0.757. The molecule has 78 valence electrons. The molecule has 0 atom stereocenters. The van der Waals surface area contributed by atoms with Crippen LogP contribution in [0, 0.1) is 0 Å². The molecule has 0 bridgehead atoms. The van der Waals surface area contributed by atoms with E-state index in [0.717, 1.165) is 0 Å². The van der Waals surface area contributed by atoms with Crippen LogP contribution in [-0.2, 0) is 9.05 Å². The molecule has 0 aliphatic rings. The largest absolute Gasteiger partial charge is 0.497 e. The Morgan fingerprint density at radius 1 is 1.29 bits per heavy atom. The van der Waals surface area contributed by atoms with Gasteiger partial charge in [-0.1, -0.05) is 0 Å². The number of rotatable bonds is 2. The predicted octanol–water partition coefficient (Wildman–Crippen LogP) is 3.15. The van der Waals surface area contributed by atoms with Gasteiger partial charge in [0.15, 0.2) is 0 Å². The van der Waals surface area contributed by atoms with Gasteiger partial charge in [0.2, 0.25) is 0 Å². The molecule has 0 aromatic heterocycles. The third-order valence-electron chi connectivity index (χ3n) is 1.45. The van der Waals surface area contributed by atoms with E-state index < -0.39 is 9.05 Å². The van der Waals surface area contributed by atoms with Crippen LogP contribution in [0.1, 0.15) is 0 Å². The second-order valence-corrected chi connectivity index (χ2v) is 6.57. The van der Waals surface area contributed by atoms with E-state index in [-0.39, 0.29) is 4.90 Å². The Morgan fingerprint density at radius 3 is 2.00 bits per heavy atom. The fraction of sp³-hybridized carbons (Fsp3) is 0.143. The first-order chi connectivity index (χ1) is 6.36. The highest BCUT2D eigenvalue weighted by Crippen LogP contribution is 2.35. The molecule has 0 unspecified atom stereocenters. The second-order valence-electron chi connectivity index (χ2n) is 2.36. The molecule has 0 aliphatic carbocycles. The number of methoxy groups -OCH3 is 1. The number of hydrogen-bond donors (Lipinski definition) is 0. The average molecular weight is 364 g/mol. The summed E-state index contributed by atoms with van der Waals surface area (Å²) in [5.74, 6) is 0.535. The summed E-state index contributed by atoms with van der Waals surface area (Å²) in [4.78, 5) is -0.0000309. The minimum atomic E-state index is -3.77. The minimum Gasteiger partial charge on any atom is -0.497 e. The van der Waals surface area contributed by atoms with Crippen LogP contribution in [0.15, 0.2) is 26.0 Å². The van der Waals surface area contributed by atoms with Gasteiger partial charge in [-0.15, -0.1) is 0 Å². The maximum atomic E-state index is 11.1. The van der Waals surface area contributed by atoms with Gasteiger partial charge in [0.05, 0.1) is 7.11 Å². The smallest absolute Gasteiger partial charge is 0.263 e. The Balaban J connectivity index is 3.48. The standard InChI is InChI=1S/C7H5Br2ClO3S/c1-13-4-2-5(8)7(6(9)3-4)14(10,11)12/h2-3H,1H3. The van der Waals surface area contributed by atoms with Gasteiger partial charge in [-0.2, -0.15) is 0 Å². The number of ether oxygens (including phenoxy) is 1. The molecule has 0 heterocycles. The maximum Gasteiger partial charge on any atom is 0.263 e. The summed E-state index contributed by atoms with van der Waals surface area (Å²) in [6, 6.07) is 3.06. The lowest BCUT2D eigenvalue weighted by Crippen LogP contribution is -1.95. The maximum absolute atomic E-state index is 11.1. The van der Waals surface area contributed by atoms with E-state index in [1.165, 1.54) is 19.2 Å².